The van der Waals surface area contributed by atoms with E-state index in [1.165, 1.54) is 0 Å². The van der Waals surface area contributed by atoms with Crippen molar-refractivity contribution in [2.24, 2.45) is 20.2 Å². The molecule has 0 saturated carbocycles. The Labute approximate surface area is 136 Å². The molecule has 0 radical (unpaired) electrons. The van der Waals surface area contributed by atoms with Gasteiger partial charge in [0.05, 0.1) is 25.2 Å². The molecule has 0 fully saturated rings. The van der Waals surface area contributed by atoms with Crippen molar-refractivity contribution in [3.63, 3.8) is 0 Å². The summed E-state index contributed by atoms with van der Waals surface area (Å²) in [6.07, 6.45) is 0. The second-order valence-electron chi connectivity index (χ2n) is 5.03. The largest absolute Gasteiger partial charge is 0.474 e. The third-order valence-corrected chi connectivity index (χ3v) is 3.32. The van der Waals surface area contributed by atoms with Gasteiger partial charge in [-0.25, -0.2) is 15.0 Å². The Kier molecular flexibility index (Phi) is 4.76. The Balaban J connectivity index is 1.75. The van der Waals surface area contributed by atoms with Crippen LogP contribution in [0.5, 0.6) is 0 Å². The number of hydrogen-bond donors (Lipinski definition) is 0. The lowest BCUT2D eigenvalue weighted by molar-refractivity contribution is 0.317. The molecule has 1 aromatic heterocycles. The molecule has 3 rings (SSSR count). The van der Waals surface area contributed by atoms with Gasteiger partial charge in [-0.05, 0) is 23.2 Å². The standard InChI is InChI=1S/C13H13N9O2/c14-21-16-4-8-6-23-12(18-8)10-2-1-3-11(20-10)13-19-9(7-24-13)5-17-22-15/h1-3,8-9H,4-7H2/t8-,9-/m1/s1. The van der Waals surface area contributed by atoms with Crippen molar-refractivity contribution in [2.45, 2.75) is 12.1 Å². The highest BCUT2D eigenvalue weighted by Gasteiger charge is 2.23. The van der Waals surface area contributed by atoms with Gasteiger partial charge in [0.25, 0.3) is 0 Å². The molecule has 11 heteroatoms. The van der Waals surface area contributed by atoms with Crippen LogP contribution in [0.25, 0.3) is 20.9 Å². The van der Waals surface area contributed by atoms with Gasteiger partial charge < -0.3 is 9.47 Å². The van der Waals surface area contributed by atoms with Crippen molar-refractivity contribution < 1.29 is 9.47 Å². The zero-order valence-corrected chi connectivity index (χ0v) is 12.6. The summed E-state index contributed by atoms with van der Waals surface area (Å²) in [7, 11) is 0. The molecule has 0 aromatic carbocycles. The first-order chi connectivity index (χ1) is 11.8. The van der Waals surface area contributed by atoms with Gasteiger partial charge in [-0.15, -0.1) is 0 Å². The molecule has 2 aliphatic rings. The average Bonchev–Trinajstić information content (AvgIpc) is 3.28. The van der Waals surface area contributed by atoms with Crippen molar-refractivity contribution >= 4 is 11.8 Å². The third-order valence-electron chi connectivity index (χ3n) is 3.32. The van der Waals surface area contributed by atoms with Crippen molar-refractivity contribution in [1.29, 1.82) is 0 Å². The fourth-order valence-electron chi connectivity index (χ4n) is 2.23. The molecule has 2 atom stereocenters. The zero-order chi connectivity index (χ0) is 16.8. The molecule has 1 aromatic rings. The molecule has 0 N–H and O–H groups in total. The Morgan fingerprint density at radius 1 is 0.958 bits per heavy atom. The SMILES string of the molecule is [N-]=[N+]=NC[C@@H]1COC(c2cccc(C3=N[C@H](CN=[N+]=[N-])CO3)n2)=N1. The molecule has 0 spiro atoms. The Bertz CT molecular complexity index is 716. The lowest BCUT2D eigenvalue weighted by Crippen LogP contribution is -2.10. The smallest absolute Gasteiger partial charge is 0.235 e. The summed E-state index contributed by atoms with van der Waals surface area (Å²) in [6, 6.07) is 4.94. The number of hydrogen-bond acceptors (Lipinski definition) is 7. The predicted molar refractivity (Wildman–Crippen MR) is 84.8 cm³/mol. The number of rotatable bonds is 6. The van der Waals surface area contributed by atoms with E-state index in [1.54, 1.807) is 18.2 Å². The number of ether oxygens (including phenoxy) is 2. The van der Waals surface area contributed by atoms with E-state index in [-0.39, 0.29) is 25.2 Å². The molecule has 0 saturated heterocycles. The minimum Gasteiger partial charge on any atom is -0.474 e. The first kappa shape index (κ1) is 15.6. The number of aliphatic imine (C=N–C) groups is 2. The fraction of sp³-hybridized carbons (Fsp3) is 0.462. The van der Waals surface area contributed by atoms with Gasteiger partial charge in [-0.2, -0.15) is 0 Å². The maximum Gasteiger partial charge on any atom is 0.235 e. The van der Waals surface area contributed by atoms with Crippen LogP contribution in [0.15, 0.2) is 38.4 Å². The highest BCUT2D eigenvalue weighted by Crippen LogP contribution is 2.15. The summed E-state index contributed by atoms with van der Waals surface area (Å²) in [5.41, 5.74) is 17.8. The van der Waals surface area contributed by atoms with Crippen LogP contribution in [0.3, 0.4) is 0 Å². The molecular weight excluding hydrogens is 314 g/mol. The first-order valence-corrected chi connectivity index (χ1v) is 7.21. The lowest BCUT2D eigenvalue weighted by atomic mass is 10.3. The first-order valence-electron chi connectivity index (χ1n) is 7.21. The van der Waals surface area contributed by atoms with Gasteiger partial charge in [-0.3, -0.25) is 0 Å². The van der Waals surface area contributed by atoms with Crippen LogP contribution in [0.4, 0.5) is 0 Å². The molecule has 122 valence electrons. The van der Waals surface area contributed by atoms with Crippen LogP contribution in [-0.4, -0.2) is 55.2 Å². The van der Waals surface area contributed by atoms with Gasteiger partial charge in [0.1, 0.15) is 24.6 Å². The van der Waals surface area contributed by atoms with Gasteiger partial charge in [0.15, 0.2) is 0 Å². The van der Waals surface area contributed by atoms with Crippen molar-refractivity contribution in [3.8, 4) is 0 Å². The molecule has 0 unspecified atom stereocenters. The minimum absolute atomic E-state index is 0.199. The summed E-state index contributed by atoms with van der Waals surface area (Å²) < 4.78 is 11.0. The molecule has 24 heavy (non-hydrogen) atoms. The lowest BCUT2D eigenvalue weighted by Gasteiger charge is -2.04. The van der Waals surface area contributed by atoms with E-state index in [0.717, 1.165) is 0 Å². The summed E-state index contributed by atoms with van der Waals surface area (Å²) in [5, 5.41) is 6.99. The number of azide groups is 2. The van der Waals surface area contributed by atoms with Crippen LogP contribution in [0.2, 0.25) is 0 Å². The number of nitrogens with zero attached hydrogens (tertiary/aromatic N) is 9. The van der Waals surface area contributed by atoms with Crippen LogP contribution in [-0.2, 0) is 9.47 Å². The third kappa shape index (κ3) is 3.54. The molecule has 11 nitrogen and oxygen atoms in total. The maximum absolute atomic E-state index is 8.35. The molecule has 0 bridgehead atoms. The topological polar surface area (TPSA) is 154 Å². The van der Waals surface area contributed by atoms with Gasteiger partial charge in [-0.1, -0.05) is 16.3 Å². The summed E-state index contributed by atoms with van der Waals surface area (Å²) in [6.45, 7) is 1.20. The molecule has 3 heterocycles. The van der Waals surface area contributed by atoms with Gasteiger partial charge in [0, 0.05) is 9.82 Å². The number of aromatic nitrogens is 1. The highest BCUT2D eigenvalue weighted by molar-refractivity contribution is 5.97. The van der Waals surface area contributed by atoms with E-state index in [4.69, 9.17) is 20.5 Å². The molecular formula is C13H13N9O2. The summed E-state index contributed by atoms with van der Waals surface area (Å²) >= 11 is 0. The van der Waals surface area contributed by atoms with Crippen molar-refractivity contribution in [3.05, 3.63) is 50.5 Å². The van der Waals surface area contributed by atoms with Crippen LogP contribution in [0, 0.1) is 0 Å². The van der Waals surface area contributed by atoms with Gasteiger partial charge >= 0.3 is 0 Å². The van der Waals surface area contributed by atoms with Crippen molar-refractivity contribution in [2.75, 3.05) is 26.3 Å². The van der Waals surface area contributed by atoms with Gasteiger partial charge in [0.2, 0.25) is 11.8 Å². The summed E-state index contributed by atoms with van der Waals surface area (Å²) in [4.78, 5) is 18.6. The number of pyridine rings is 1. The normalized spacial score (nSPS) is 21.7. The van der Waals surface area contributed by atoms with E-state index >= 15 is 0 Å². The van der Waals surface area contributed by atoms with Crippen LogP contribution >= 0.6 is 0 Å². The van der Waals surface area contributed by atoms with Crippen molar-refractivity contribution in [1.82, 2.24) is 4.98 Å². The Hall–Kier alpha value is -3.29. The summed E-state index contributed by atoms with van der Waals surface area (Å²) in [5.74, 6) is 0.804. The van der Waals surface area contributed by atoms with Crippen LogP contribution < -0.4 is 0 Å². The zero-order valence-electron chi connectivity index (χ0n) is 12.6. The Morgan fingerprint density at radius 2 is 1.46 bits per heavy atom. The highest BCUT2D eigenvalue weighted by atomic mass is 16.5. The predicted octanol–water partition coefficient (Wildman–Crippen LogP) is 1.99. The molecule has 0 amide bonds. The van der Waals surface area contributed by atoms with E-state index in [0.29, 0.717) is 36.4 Å². The Morgan fingerprint density at radius 3 is 1.92 bits per heavy atom. The van der Waals surface area contributed by atoms with E-state index in [2.05, 4.69) is 35.0 Å². The monoisotopic (exact) mass is 327 g/mol. The fourth-order valence-corrected chi connectivity index (χ4v) is 2.23. The maximum atomic E-state index is 8.35. The average molecular weight is 327 g/mol. The second kappa shape index (κ2) is 7.32. The van der Waals surface area contributed by atoms with E-state index < -0.39 is 0 Å². The van der Waals surface area contributed by atoms with E-state index in [9.17, 15) is 0 Å². The second-order valence-corrected chi connectivity index (χ2v) is 5.03. The molecule has 0 aliphatic carbocycles. The minimum atomic E-state index is -0.199. The van der Waals surface area contributed by atoms with E-state index in [1.807, 2.05) is 0 Å². The molecule has 2 aliphatic heterocycles. The van der Waals surface area contributed by atoms with Crippen LogP contribution in [0.1, 0.15) is 11.4 Å². The quantitative estimate of drug-likeness (QED) is 0.445.